The maximum atomic E-state index is 13.5. The van der Waals surface area contributed by atoms with Crippen LogP contribution in [0, 0.1) is 9.39 Å². The fourth-order valence-electron chi connectivity index (χ4n) is 1.34. The summed E-state index contributed by atoms with van der Waals surface area (Å²) in [5, 5.41) is -0.808. The predicted octanol–water partition coefficient (Wildman–Crippen LogP) is 3.93. The largest absolute Gasteiger partial charge is 0.264 e. The number of pyridine rings is 1. The Morgan fingerprint density at radius 2 is 1.90 bits per heavy atom. The molecule has 0 saturated carbocycles. The van der Waals surface area contributed by atoms with Crippen LogP contribution in [-0.2, 0) is 10.0 Å². The Balaban J connectivity index is 2.41. The molecule has 1 aromatic carbocycles. The number of sulfonamides is 1. The minimum Gasteiger partial charge on any atom is -0.263 e. The molecule has 0 amide bonds. The van der Waals surface area contributed by atoms with E-state index in [0.717, 1.165) is 15.7 Å². The lowest BCUT2D eigenvalue weighted by Gasteiger charge is -2.09. The third kappa shape index (κ3) is 3.33. The fourth-order valence-corrected chi connectivity index (χ4v) is 3.42. The summed E-state index contributed by atoms with van der Waals surface area (Å²) in [4.78, 5) is 3.50. The van der Waals surface area contributed by atoms with Crippen LogP contribution in [-0.4, -0.2) is 13.4 Å². The lowest BCUT2D eigenvalue weighted by molar-refractivity contribution is 0.595. The minimum atomic E-state index is -4.04. The number of hydrogen-bond donors (Lipinski definition) is 1. The Morgan fingerprint density at radius 3 is 2.50 bits per heavy atom. The number of halogens is 4. The Hall–Kier alpha value is -0.640. The first-order chi connectivity index (χ1) is 9.31. The van der Waals surface area contributed by atoms with Crippen molar-refractivity contribution in [2.45, 2.75) is 4.90 Å². The van der Waals surface area contributed by atoms with Crippen LogP contribution >= 0.6 is 45.8 Å². The van der Waals surface area contributed by atoms with Crippen molar-refractivity contribution in [3.8, 4) is 0 Å². The molecule has 0 spiro atoms. The summed E-state index contributed by atoms with van der Waals surface area (Å²) in [6, 6.07) is 5.41. The van der Waals surface area contributed by atoms with Crippen molar-refractivity contribution in [2.24, 2.45) is 0 Å². The van der Waals surface area contributed by atoms with Crippen LogP contribution in [0.1, 0.15) is 0 Å². The number of aromatic nitrogens is 1. The summed E-state index contributed by atoms with van der Waals surface area (Å²) >= 11 is 13.2. The maximum absolute atomic E-state index is 13.5. The van der Waals surface area contributed by atoms with E-state index >= 15 is 0 Å². The molecule has 9 heteroatoms. The molecule has 2 rings (SSSR count). The van der Waals surface area contributed by atoms with Crippen molar-refractivity contribution >= 4 is 61.6 Å². The summed E-state index contributed by atoms with van der Waals surface area (Å²) in [6.07, 6.45) is 1.49. The van der Waals surface area contributed by atoms with E-state index in [1.54, 1.807) is 6.07 Å². The van der Waals surface area contributed by atoms with Crippen LogP contribution in [0.15, 0.2) is 35.4 Å². The molecule has 0 radical (unpaired) electrons. The SMILES string of the molecule is O=S(=O)(Nc1ccc(I)cn1)c1ccc(Cl)c(F)c1Cl. The Morgan fingerprint density at radius 1 is 1.20 bits per heavy atom. The van der Waals surface area contributed by atoms with Gasteiger partial charge in [0, 0.05) is 9.77 Å². The van der Waals surface area contributed by atoms with E-state index in [2.05, 4.69) is 9.71 Å². The molecule has 20 heavy (non-hydrogen) atoms. The van der Waals surface area contributed by atoms with Crippen molar-refractivity contribution in [1.29, 1.82) is 0 Å². The smallest absolute Gasteiger partial charge is 0.263 e. The maximum Gasteiger partial charge on any atom is 0.264 e. The third-order valence-corrected chi connectivity index (χ3v) is 5.06. The Kier molecular flexibility index (Phi) is 4.73. The Bertz CT molecular complexity index is 754. The van der Waals surface area contributed by atoms with Crippen molar-refractivity contribution in [3.05, 3.63) is 49.9 Å². The van der Waals surface area contributed by atoms with Crippen LogP contribution in [0.3, 0.4) is 0 Å². The quantitative estimate of drug-likeness (QED) is 0.574. The van der Waals surface area contributed by atoms with E-state index in [0.29, 0.717) is 0 Å². The van der Waals surface area contributed by atoms with Gasteiger partial charge in [-0.3, -0.25) is 4.72 Å². The number of nitrogens with one attached hydrogen (secondary N) is 1. The van der Waals surface area contributed by atoms with Gasteiger partial charge in [0.2, 0.25) is 0 Å². The van der Waals surface area contributed by atoms with Gasteiger partial charge in [0.05, 0.1) is 10.0 Å². The molecule has 0 bridgehead atoms. The number of nitrogens with zero attached hydrogens (tertiary/aromatic N) is 1. The van der Waals surface area contributed by atoms with Gasteiger partial charge < -0.3 is 0 Å². The molecule has 1 N–H and O–H groups in total. The second-order valence-corrected chi connectivity index (χ2v) is 7.32. The topological polar surface area (TPSA) is 59.1 Å². The second-order valence-electron chi connectivity index (χ2n) is 3.64. The van der Waals surface area contributed by atoms with Crippen LogP contribution in [0.5, 0.6) is 0 Å². The molecule has 1 aromatic heterocycles. The Labute approximate surface area is 138 Å². The summed E-state index contributed by atoms with van der Waals surface area (Å²) in [5.41, 5.74) is 0. The molecule has 1 heterocycles. The second kappa shape index (κ2) is 6.00. The first-order valence-electron chi connectivity index (χ1n) is 5.09. The zero-order chi connectivity index (χ0) is 14.9. The number of rotatable bonds is 3. The number of anilines is 1. The van der Waals surface area contributed by atoms with Gasteiger partial charge in [0.1, 0.15) is 10.7 Å². The average molecular weight is 447 g/mol. The molecule has 0 aliphatic heterocycles. The highest BCUT2D eigenvalue weighted by Gasteiger charge is 2.22. The fraction of sp³-hybridized carbons (Fsp3) is 0. The van der Waals surface area contributed by atoms with Crippen molar-refractivity contribution in [2.75, 3.05) is 4.72 Å². The molecule has 0 atom stereocenters. The molecule has 2 aromatic rings. The lowest BCUT2D eigenvalue weighted by Crippen LogP contribution is -2.15. The monoisotopic (exact) mass is 446 g/mol. The van der Waals surface area contributed by atoms with Crippen LogP contribution in [0.25, 0.3) is 0 Å². The highest BCUT2D eigenvalue weighted by molar-refractivity contribution is 14.1. The van der Waals surface area contributed by atoms with Crippen molar-refractivity contribution in [1.82, 2.24) is 4.98 Å². The summed E-state index contributed by atoms with van der Waals surface area (Å²) in [7, 11) is -4.04. The van der Waals surface area contributed by atoms with Crippen molar-refractivity contribution < 1.29 is 12.8 Å². The standard InChI is InChI=1S/C11H6Cl2FIN2O2S/c12-7-2-3-8(10(13)11(7)14)20(18,19)17-9-4-1-6(15)5-16-9/h1-5H,(H,16,17). The zero-order valence-electron chi connectivity index (χ0n) is 9.57. The van der Waals surface area contributed by atoms with Gasteiger partial charge in [-0.15, -0.1) is 0 Å². The summed E-state index contributed by atoms with van der Waals surface area (Å²) < 4.78 is 40.8. The summed E-state index contributed by atoms with van der Waals surface area (Å²) in [6.45, 7) is 0. The molecule has 0 aliphatic rings. The molecular weight excluding hydrogens is 441 g/mol. The molecule has 0 fully saturated rings. The van der Waals surface area contributed by atoms with Gasteiger partial charge in [0.25, 0.3) is 10.0 Å². The molecule has 0 aliphatic carbocycles. The van der Waals surface area contributed by atoms with E-state index in [-0.39, 0.29) is 10.8 Å². The molecule has 106 valence electrons. The summed E-state index contributed by atoms with van der Waals surface area (Å²) in [5.74, 6) is -0.872. The zero-order valence-corrected chi connectivity index (χ0v) is 14.1. The highest BCUT2D eigenvalue weighted by atomic mass is 127. The molecular formula is C11H6Cl2FIN2O2S. The normalized spacial score (nSPS) is 11.4. The first kappa shape index (κ1) is 15.7. The minimum absolute atomic E-state index is 0.108. The number of hydrogen-bond acceptors (Lipinski definition) is 3. The molecule has 0 unspecified atom stereocenters. The van der Waals surface area contributed by atoms with E-state index < -0.39 is 25.8 Å². The van der Waals surface area contributed by atoms with Crippen LogP contribution in [0.4, 0.5) is 10.2 Å². The van der Waals surface area contributed by atoms with E-state index in [4.69, 9.17) is 23.2 Å². The molecule has 4 nitrogen and oxygen atoms in total. The van der Waals surface area contributed by atoms with Gasteiger partial charge in [0.15, 0.2) is 5.82 Å². The van der Waals surface area contributed by atoms with Crippen LogP contribution < -0.4 is 4.72 Å². The number of benzene rings is 1. The van der Waals surface area contributed by atoms with E-state index in [9.17, 15) is 12.8 Å². The molecule has 0 saturated heterocycles. The van der Waals surface area contributed by atoms with E-state index in [1.807, 2.05) is 22.6 Å². The highest BCUT2D eigenvalue weighted by Crippen LogP contribution is 2.30. The van der Waals surface area contributed by atoms with Gasteiger partial charge in [-0.05, 0) is 46.9 Å². The average Bonchev–Trinajstić information content (AvgIpc) is 2.38. The van der Waals surface area contributed by atoms with Gasteiger partial charge >= 0.3 is 0 Å². The van der Waals surface area contributed by atoms with E-state index in [1.165, 1.54) is 12.3 Å². The third-order valence-electron chi connectivity index (χ3n) is 2.26. The predicted molar refractivity (Wildman–Crippen MR) is 84.2 cm³/mol. The van der Waals surface area contributed by atoms with Gasteiger partial charge in [-0.2, -0.15) is 0 Å². The van der Waals surface area contributed by atoms with Crippen LogP contribution in [0.2, 0.25) is 10.0 Å². The van der Waals surface area contributed by atoms with Gasteiger partial charge in [-0.1, -0.05) is 23.2 Å². The van der Waals surface area contributed by atoms with Gasteiger partial charge in [-0.25, -0.2) is 17.8 Å². The van der Waals surface area contributed by atoms with Crippen molar-refractivity contribution in [3.63, 3.8) is 0 Å². The first-order valence-corrected chi connectivity index (χ1v) is 8.41. The lowest BCUT2D eigenvalue weighted by atomic mass is 10.3.